The van der Waals surface area contributed by atoms with Crippen LogP contribution < -0.4 is 0 Å². The third kappa shape index (κ3) is 3.22. The minimum atomic E-state index is -1.87. The highest BCUT2D eigenvalue weighted by atomic mass is 28.4. The van der Waals surface area contributed by atoms with E-state index < -0.39 is 14.4 Å². The molecular formula is C16H29NO4Si. The number of likely N-dealkylation sites (tertiary alicyclic amines) is 1. The maximum Gasteiger partial charge on any atom is 0.407 e. The molecule has 1 atom stereocenters. The van der Waals surface area contributed by atoms with Crippen molar-refractivity contribution in [2.45, 2.75) is 70.7 Å². The Balaban J connectivity index is 2.02. The summed E-state index contributed by atoms with van der Waals surface area (Å²) < 4.78 is 6.42. The zero-order valence-corrected chi connectivity index (χ0v) is 15.4. The van der Waals surface area contributed by atoms with Crippen molar-refractivity contribution in [2.24, 2.45) is 5.41 Å². The van der Waals surface area contributed by atoms with Crippen molar-refractivity contribution in [2.75, 3.05) is 13.1 Å². The fourth-order valence-electron chi connectivity index (χ4n) is 3.33. The van der Waals surface area contributed by atoms with Gasteiger partial charge >= 0.3 is 6.09 Å². The Morgan fingerprint density at radius 1 is 1.32 bits per heavy atom. The first-order chi connectivity index (χ1) is 9.97. The molecule has 0 bridgehead atoms. The average Bonchev–Trinajstić information content (AvgIpc) is 2.64. The Kier molecular flexibility index (Phi) is 4.48. The molecule has 126 valence electrons. The van der Waals surface area contributed by atoms with Crippen LogP contribution in [0.4, 0.5) is 4.79 Å². The van der Waals surface area contributed by atoms with Crippen LogP contribution in [0.25, 0.3) is 0 Å². The number of nitrogens with zero attached hydrogens (tertiary/aromatic N) is 1. The number of rotatable bonds is 2. The zero-order valence-electron chi connectivity index (χ0n) is 14.4. The van der Waals surface area contributed by atoms with Crippen LogP contribution in [-0.2, 0) is 9.22 Å². The quantitative estimate of drug-likeness (QED) is 0.788. The van der Waals surface area contributed by atoms with E-state index in [4.69, 9.17) is 9.53 Å². The van der Waals surface area contributed by atoms with Gasteiger partial charge in [-0.05, 0) is 37.4 Å². The van der Waals surface area contributed by atoms with Crippen LogP contribution in [0.5, 0.6) is 0 Å². The minimum Gasteiger partial charge on any atom is -0.465 e. The number of piperidine rings is 1. The summed E-state index contributed by atoms with van der Waals surface area (Å²) in [6.45, 7) is 12.0. The molecule has 5 nitrogen and oxygen atoms in total. The van der Waals surface area contributed by atoms with Crippen LogP contribution in [0.1, 0.15) is 46.5 Å². The second kappa shape index (κ2) is 5.64. The molecule has 1 amide bonds. The molecule has 2 fully saturated rings. The Morgan fingerprint density at radius 3 is 2.32 bits per heavy atom. The van der Waals surface area contributed by atoms with Gasteiger partial charge in [-0.3, -0.25) is 4.79 Å². The lowest BCUT2D eigenvalue weighted by atomic mass is 9.76. The summed E-state index contributed by atoms with van der Waals surface area (Å²) in [7, 11) is -1.87. The van der Waals surface area contributed by atoms with Gasteiger partial charge in [0.05, 0.1) is 6.10 Å². The molecule has 1 spiro atoms. The summed E-state index contributed by atoms with van der Waals surface area (Å²) in [6, 6.07) is 0. The van der Waals surface area contributed by atoms with Crippen molar-refractivity contribution >= 4 is 20.2 Å². The van der Waals surface area contributed by atoms with Gasteiger partial charge in [-0.2, -0.15) is 0 Å². The first kappa shape index (κ1) is 17.5. The van der Waals surface area contributed by atoms with Crippen LogP contribution in [0, 0.1) is 5.41 Å². The van der Waals surface area contributed by atoms with E-state index in [9.17, 15) is 9.59 Å². The van der Waals surface area contributed by atoms with Crippen molar-refractivity contribution in [3.8, 4) is 0 Å². The van der Waals surface area contributed by atoms with Crippen molar-refractivity contribution in [3.63, 3.8) is 0 Å². The standard InChI is InChI=1S/C16H29NO4Si/c1-15(2,3)22(4,5)21-12-10-13(18)16(11-12)6-8-17(9-7-16)14(19)20/h12H,6-11H2,1-5H3,(H,19,20)/t12-/m0/s1. The summed E-state index contributed by atoms with van der Waals surface area (Å²) in [5.74, 6) is 0.279. The van der Waals surface area contributed by atoms with Crippen LogP contribution in [0.2, 0.25) is 18.1 Å². The number of hydrogen-bond acceptors (Lipinski definition) is 3. The van der Waals surface area contributed by atoms with E-state index in [1.807, 2.05) is 0 Å². The summed E-state index contributed by atoms with van der Waals surface area (Å²) in [4.78, 5) is 25.0. The molecule has 0 aromatic rings. The molecule has 1 saturated heterocycles. The van der Waals surface area contributed by atoms with Gasteiger partial charge in [-0.25, -0.2) is 4.79 Å². The van der Waals surface area contributed by atoms with E-state index in [2.05, 4.69) is 33.9 Å². The van der Waals surface area contributed by atoms with Gasteiger partial charge in [-0.15, -0.1) is 0 Å². The molecule has 1 N–H and O–H groups in total. The number of carboxylic acid groups (broad SMARTS) is 1. The van der Waals surface area contributed by atoms with Crippen LogP contribution in [0.15, 0.2) is 0 Å². The molecule has 2 rings (SSSR count). The highest BCUT2D eigenvalue weighted by Gasteiger charge is 2.51. The van der Waals surface area contributed by atoms with E-state index in [0.29, 0.717) is 32.4 Å². The second-order valence-electron chi connectivity index (χ2n) is 8.38. The van der Waals surface area contributed by atoms with E-state index in [0.717, 1.165) is 6.42 Å². The van der Waals surface area contributed by atoms with Gasteiger partial charge in [0.25, 0.3) is 0 Å². The molecule has 1 saturated carbocycles. The Morgan fingerprint density at radius 2 is 1.86 bits per heavy atom. The molecule has 6 heteroatoms. The molecular weight excluding hydrogens is 298 g/mol. The maximum atomic E-state index is 12.5. The third-order valence-electron chi connectivity index (χ3n) is 5.88. The first-order valence-electron chi connectivity index (χ1n) is 8.16. The molecule has 1 aliphatic carbocycles. The van der Waals surface area contributed by atoms with E-state index in [1.54, 1.807) is 0 Å². The maximum absolute atomic E-state index is 12.5. The fourth-order valence-corrected chi connectivity index (χ4v) is 4.68. The molecule has 2 aliphatic rings. The molecule has 1 heterocycles. The third-order valence-corrected chi connectivity index (χ3v) is 10.4. The van der Waals surface area contributed by atoms with E-state index >= 15 is 0 Å². The average molecular weight is 327 g/mol. The molecule has 0 unspecified atom stereocenters. The molecule has 1 aliphatic heterocycles. The van der Waals surface area contributed by atoms with Gasteiger partial charge in [0.15, 0.2) is 8.32 Å². The number of carbonyl (C=O) groups is 2. The van der Waals surface area contributed by atoms with Crippen molar-refractivity contribution < 1.29 is 19.1 Å². The fraction of sp³-hybridized carbons (Fsp3) is 0.875. The summed E-state index contributed by atoms with van der Waals surface area (Å²) in [5, 5.41) is 9.19. The van der Waals surface area contributed by atoms with Crippen molar-refractivity contribution in [1.29, 1.82) is 0 Å². The zero-order chi connectivity index (χ0) is 16.8. The highest BCUT2D eigenvalue weighted by Crippen LogP contribution is 2.47. The van der Waals surface area contributed by atoms with Crippen molar-refractivity contribution in [3.05, 3.63) is 0 Å². The smallest absolute Gasteiger partial charge is 0.407 e. The number of carbonyl (C=O) groups excluding carboxylic acids is 1. The van der Waals surface area contributed by atoms with Gasteiger partial charge in [0.1, 0.15) is 5.78 Å². The molecule has 0 radical (unpaired) electrons. The van der Waals surface area contributed by atoms with E-state index in [-0.39, 0.29) is 22.3 Å². The molecule has 0 aromatic heterocycles. The number of amides is 1. The Hall–Kier alpha value is -0.883. The summed E-state index contributed by atoms with van der Waals surface area (Å²) in [5.41, 5.74) is -0.334. The van der Waals surface area contributed by atoms with Crippen LogP contribution in [-0.4, -0.2) is 49.4 Å². The number of hydrogen-bond donors (Lipinski definition) is 1. The van der Waals surface area contributed by atoms with Crippen LogP contribution in [0.3, 0.4) is 0 Å². The monoisotopic (exact) mass is 327 g/mol. The Bertz CT molecular complexity index is 461. The predicted molar refractivity (Wildman–Crippen MR) is 87.6 cm³/mol. The van der Waals surface area contributed by atoms with Gasteiger partial charge in [-0.1, -0.05) is 20.8 Å². The number of Topliss-reactive ketones (excluding diaryl/α,β-unsaturated/α-hetero) is 1. The van der Waals surface area contributed by atoms with E-state index in [1.165, 1.54) is 4.90 Å². The lowest BCUT2D eigenvalue weighted by Gasteiger charge is -2.40. The SMILES string of the molecule is CC(C)(C)[Si](C)(C)O[C@H]1CC(=O)C2(CCN(C(=O)O)CC2)C1. The lowest BCUT2D eigenvalue weighted by molar-refractivity contribution is -0.128. The van der Waals surface area contributed by atoms with Gasteiger partial charge < -0.3 is 14.4 Å². The number of ketones is 1. The lowest BCUT2D eigenvalue weighted by Crippen LogP contribution is -2.45. The molecule has 0 aromatic carbocycles. The van der Waals surface area contributed by atoms with Gasteiger partial charge in [0, 0.05) is 24.9 Å². The predicted octanol–water partition coefficient (Wildman–Crippen LogP) is 3.50. The topological polar surface area (TPSA) is 66.8 Å². The minimum absolute atomic E-state index is 0.0183. The van der Waals surface area contributed by atoms with Crippen LogP contribution >= 0.6 is 0 Å². The largest absolute Gasteiger partial charge is 0.465 e. The first-order valence-corrected chi connectivity index (χ1v) is 11.1. The normalized spacial score (nSPS) is 25.8. The second-order valence-corrected chi connectivity index (χ2v) is 13.1. The highest BCUT2D eigenvalue weighted by molar-refractivity contribution is 6.74. The van der Waals surface area contributed by atoms with Gasteiger partial charge in [0.2, 0.25) is 0 Å². The summed E-state index contributed by atoms with van der Waals surface area (Å²) in [6.07, 6.45) is 1.70. The Labute approximate surface area is 134 Å². The van der Waals surface area contributed by atoms with Crippen molar-refractivity contribution in [1.82, 2.24) is 4.90 Å². The molecule has 22 heavy (non-hydrogen) atoms. The summed E-state index contributed by atoms with van der Waals surface area (Å²) >= 11 is 0.